The molecule has 0 atom stereocenters. The number of nitrogens with two attached hydrogens (primary N) is 1. The van der Waals surface area contributed by atoms with Crippen LogP contribution in [0.2, 0.25) is 0 Å². The maximum Gasteiger partial charge on any atom is 0.249 e. The largest absolute Gasteiger partial charge is 0.373 e. The number of pyridine rings is 2. The van der Waals surface area contributed by atoms with E-state index in [-0.39, 0.29) is 5.91 Å². The van der Waals surface area contributed by atoms with E-state index in [1.807, 2.05) is 24.3 Å². The Hall–Kier alpha value is -4.46. The molecule has 4 aromatic rings. The summed E-state index contributed by atoms with van der Waals surface area (Å²) in [5.41, 5.74) is 11.2. The van der Waals surface area contributed by atoms with Gasteiger partial charge >= 0.3 is 0 Å². The van der Waals surface area contributed by atoms with E-state index in [0.717, 1.165) is 33.3 Å². The zero-order valence-corrected chi connectivity index (χ0v) is 18.4. The summed E-state index contributed by atoms with van der Waals surface area (Å²) in [6.07, 6.45) is 5.44. The van der Waals surface area contributed by atoms with Crippen molar-refractivity contribution >= 4 is 39.8 Å². The Kier molecular flexibility index (Phi) is 5.91. The molecule has 2 amide bonds. The minimum Gasteiger partial charge on any atom is -0.373 e. The van der Waals surface area contributed by atoms with Crippen LogP contribution in [-0.4, -0.2) is 33.8 Å². The van der Waals surface area contributed by atoms with E-state index in [4.69, 9.17) is 5.73 Å². The predicted octanol–water partition coefficient (Wildman–Crippen LogP) is 4.18. The van der Waals surface area contributed by atoms with Crippen molar-refractivity contribution in [3.8, 4) is 11.1 Å². The van der Waals surface area contributed by atoms with Crippen LogP contribution in [0, 0.1) is 0 Å². The molecule has 0 aliphatic carbocycles. The van der Waals surface area contributed by atoms with Crippen molar-refractivity contribution in [3.63, 3.8) is 0 Å². The molecule has 8 heteroatoms. The molecule has 33 heavy (non-hydrogen) atoms. The van der Waals surface area contributed by atoms with Crippen LogP contribution >= 0.6 is 0 Å². The second-order valence-electron chi connectivity index (χ2n) is 7.53. The first-order valence-electron chi connectivity index (χ1n) is 10.5. The third kappa shape index (κ3) is 4.31. The highest BCUT2D eigenvalue weighted by molar-refractivity contribution is 6.07. The van der Waals surface area contributed by atoms with E-state index >= 15 is 0 Å². The maximum absolute atomic E-state index is 11.8. The third-order valence-corrected chi connectivity index (χ3v) is 5.38. The van der Waals surface area contributed by atoms with Gasteiger partial charge in [-0.2, -0.15) is 0 Å². The van der Waals surface area contributed by atoms with Gasteiger partial charge in [-0.3, -0.25) is 14.6 Å². The van der Waals surface area contributed by atoms with Crippen LogP contribution in [0.25, 0.3) is 27.6 Å². The number of amides is 2. The summed E-state index contributed by atoms with van der Waals surface area (Å²) in [6.45, 7) is 6.07. The number of benzene rings is 1. The van der Waals surface area contributed by atoms with Crippen molar-refractivity contribution in [1.82, 2.24) is 15.0 Å². The van der Waals surface area contributed by atoms with Crippen LogP contribution < -0.4 is 16.4 Å². The van der Waals surface area contributed by atoms with Crippen molar-refractivity contribution < 1.29 is 9.59 Å². The molecule has 0 unspecified atom stereocenters. The Morgan fingerprint density at radius 1 is 1.09 bits per heavy atom. The molecular weight excluding hydrogens is 416 g/mol. The number of hydrogen-bond acceptors (Lipinski definition) is 5. The number of aromatic nitrogens is 3. The summed E-state index contributed by atoms with van der Waals surface area (Å²) in [4.78, 5) is 35.7. The number of carbonyl (C=O) groups is 2. The van der Waals surface area contributed by atoms with Gasteiger partial charge in [0.25, 0.3) is 0 Å². The van der Waals surface area contributed by atoms with Crippen LogP contribution in [0.1, 0.15) is 35.0 Å². The molecule has 0 saturated heterocycles. The lowest BCUT2D eigenvalue weighted by Gasteiger charge is -2.13. The van der Waals surface area contributed by atoms with Crippen LogP contribution in [-0.2, 0) is 4.79 Å². The summed E-state index contributed by atoms with van der Waals surface area (Å²) in [5.74, 6) is 0.0839. The average Bonchev–Trinajstić information content (AvgIpc) is 3.27. The SMILES string of the molecule is C=C(c1cc2c(C(N)=O)cccc2[nH]1)c1cc(-c2cncc(NC(=O)CC)c2)cnc1NC. The van der Waals surface area contributed by atoms with Gasteiger partial charge in [0.2, 0.25) is 11.8 Å². The lowest BCUT2D eigenvalue weighted by atomic mass is 10.0. The van der Waals surface area contributed by atoms with Crippen molar-refractivity contribution in [3.05, 3.63) is 78.4 Å². The van der Waals surface area contributed by atoms with Crippen LogP contribution in [0.4, 0.5) is 11.5 Å². The topological polar surface area (TPSA) is 126 Å². The normalized spacial score (nSPS) is 10.7. The molecule has 0 radical (unpaired) electrons. The van der Waals surface area contributed by atoms with E-state index in [1.54, 1.807) is 44.7 Å². The molecule has 4 rings (SSSR count). The van der Waals surface area contributed by atoms with E-state index in [1.165, 1.54) is 0 Å². The molecule has 3 aromatic heterocycles. The number of H-pyrrole nitrogens is 1. The molecule has 0 saturated carbocycles. The molecule has 0 aliphatic heterocycles. The number of nitrogens with one attached hydrogen (secondary N) is 3. The first kappa shape index (κ1) is 21.8. The monoisotopic (exact) mass is 440 g/mol. The van der Waals surface area contributed by atoms with Crippen LogP contribution in [0.3, 0.4) is 0 Å². The average molecular weight is 441 g/mol. The second-order valence-corrected chi connectivity index (χ2v) is 7.53. The predicted molar refractivity (Wildman–Crippen MR) is 131 cm³/mol. The molecule has 8 nitrogen and oxygen atoms in total. The summed E-state index contributed by atoms with van der Waals surface area (Å²) in [7, 11) is 1.79. The van der Waals surface area contributed by atoms with Gasteiger partial charge in [0.15, 0.2) is 0 Å². The van der Waals surface area contributed by atoms with E-state index < -0.39 is 5.91 Å². The highest BCUT2D eigenvalue weighted by atomic mass is 16.1. The second kappa shape index (κ2) is 8.96. The Balaban J connectivity index is 1.75. The van der Waals surface area contributed by atoms with Gasteiger partial charge < -0.3 is 21.4 Å². The summed E-state index contributed by atoms with van der Waals surface area (Å²) < 4.78 is 0. The van der Waals surface area contributed by atoms with E-state index in [9.17, 15) is 9.59 Å². The van der Waals surface area contributed by atoms with Crippen molar-refractivity contribution in [2.75, 3.05) is 17.7 Å². The standard InChI is InChI=1S/C25H24N6O2/c1-4-23(32)30-17-8-15(11-28-13-17)16-9-19(25(27-3)29-12-16)14(2)22-10-20-18(24(26)33)6-5-7-21(20)31-22/h5-13,31H,2,4H2,1,3H3,(H2,26,33)(H,27,29)(H,30,32). The smallest absolute Gasteiger partial charge is 0.249 e. The molecule has 166 valence electrons. The minimum absolute atomic E-state index is 0.0826. The van der Waals surface area contributed by atoms with Crippen LogP contribution in [0.5, 0.6) is 0 Å². The Labute approximate surface area is 191 Å². The quantitative estimate of drug-likeness (QED) is 0.343. The van der Waals surface area contributed by atoms with Gasteiger partial charge in [0, 0.05) is 70.3 Å². The number of anilines is 2. The van der Waals surface area contributed by atoms with Crippen molar-refractivity contribution in [1.29, 1.82) is 0 Å². The zero-order chi connectivity index (χ0) is 23.5. The summed E-state index contributed by atoms with van der Waals surface area (Å²) >= 11 is 0. The zero-order valence-electron chi connectivity index (χ0n) is 18.4. The lowest BCUT2D eigenvalue weighted by Crippen LogP contribution is -2.10. The molecule has 0 aliphatic rings. The number of primary amides is 1. The highest BCUT2D eigenvalue weighted by Gasteiger charge is 2.16. The van der Waals surface area contributed by atoms with Crippen molar-refractivity contribution in [2.24, 2.45) is 5.73 Å². The number of aromatic amines is 1. The van der Waals surface area contributed by atoms with E-state index in [0.29, 0.717) is 29.1 Å². The van der Waals surface area contributed by atoms with Gasteiger partial charge in [-0.15, -0.1) is 0 Å². The molecule has 1 aromatic carbocycles. The first-order valence-corrected chi connectivity index (χ1v) is 10.5. The van der Waals surface area contributed by atoms with Crippen LogP contribution in [0.15, 0.2) is 61.6 Å². The van der Waals surface area contributed by atoms with E-state index in [2.05, 4.69) is 32.2 Å². The summed E-state index contributed by atoms with van der Waals surface area (Å²) in [5, 5.41) is 6.66. The molecular formula is C25H24N6O2. The van der Waals surface area contributed by atoms with Gasteiger partial charge in [-0.25, -0.2) is 4.98 Å². The maximum atomic E-state index is 11.8. The minimum atomic E-state index is -0.487. The molecule has 3 heterocycles. The van der Waals surface area contributed by atoms with Gasteiger partial charge in [0.05, 0.1) is 11.9 Å². The molecule has 0 spiro atoms. The Bertz CT molecular complexity index is 1390. The number of nitrogens with zero attached hydrogens (tertiary/aromatic N) is 2. The number of carbonyl (C=O) groups excluding carboxylic acids is 2. The Morgan fingerprint density at radius 3 is 2.61 bits per heavy atom. The van der Waals surface area contributed by atoms with Gasteiger partial charge in [0.1, 0.15) is 5.82 Å². The fourth-order valence-electron chi connectivity index (χ4n) is 3.65. The van der Waals surface area contributed by atoms with Gasteiger partial charge in [-0.05, 0) is 30.3 Å². The lowest BCUT2D eigenvalue weighted by molar-refractivity contribution is -0.115. The number of rotatable bonds is 7. The molecule has 0 fully saturated rings. The molecule has 0 bridgehead atoms. The summed E-state index contributed by atoms with van der Waals surface area (Å²) in [6, 6.07) is 11.0. The number of fused-ring (bicyclic) bond motifs is 1. The third-order valence-electron chi connectivity index (χ3n) is 5.38. The Morgan fingerprint density at radius 2 is 1.88 bits per heavy atom. The molecule has 5 N–H and O–H groups in total. The van der Waals surface area contributed by atoms with Crippen molar-refractivity contribution in [2.45, 2.75) is 13.3 Å². The fraction of sp³-hybridized carbons (Fsp3) is 0.120. The number of hydrogen-bond donors (Lipinski definition) is 4. The van der Waals surface area contributed by atoms with Gasteiger partial charge in [-0.1, -0.05) is 19.6 Å². The first-order chi connectivity index (χ1) is 15.9. The highest BCUT2D eigenvalue weighted by Crippen LogP contribution is 2.33. The fourth-order valence-corrected chi connectivity index (χ4v) is 3.65.